The van der Waals surface area contributed by atoms with Crippen LogP contribution < -0.4 is 0 Å². The van der Waals surface area contributed by atoms with Crippen LogP contribution in [-0.2, 0) is 0 Å². The van der Waals surface area contributed by atoms with E-state index in [9.17, 15) is 0 Å². The van der Waals surface area contributed by atoms with E-state index in [1.807, 2.05) is 0 Å². The molecule has 2 nitrogen and oxygen atoms in total. The Labute approximate surface area is 77.8 Å². The van der Waals surface area contributed by atoms with E-state index < -0.39 is 0 Å². The predicted octanol–water partition coefficient (Wildman–Crippen LogP) is 2.91. The highest BCUT2D eigenvalue weighted by molar-refractivity contribution is 6.20. The molecule has 0 radical (unpaired) electrons. The molecule has 4 heteroatoms. The molecular weight excluding hydrogens is 183 g/mol. The second-order valence-electron chi connectivity index (χ2n) is 2.26. The van der Waals surface area contributed by atoms with Gasteiger partial charge in [0.15, 0.2) is 0 Å². The van der Waals surface area contributed by atoms with Gasteiger partial charge in [0, 0.05) is 6.20 Å². The zero-order valence-electron chi connectivity index (χ0n) is 6.38. The highest BCUT2D eigenvalue weighted by atomic mass is 35.5. The van der Waals surface area contributed by atoms with Gasteiger partial charge in [0.2, 0.25) is 0 Å². The molecule has 1 rings (SSSR count). The van der Waals surface area contributed by atoms with Crippen molar-refractivity contribution in [3.05, 3.63) is 18.2 Å². The van der Waals surface area contributed by atoms with Crippen molar-refractivity contribution in [1.29, 1.82) is 0 Å². The average molecular weight is 195 g/mol. The zero-order valence-corrected chi connectivity index (χ0v) is 7.95. The molecule has 0 aliphatic carbocycles. The summed E-state index contributed by atoms with van der Waals surface area (Å²) in [5.74, 6) is 0. The van der Waals surface area contributed by atoms with Gasteiger partial charge in [-0.3, -0.25) is 0 Å². The Morgan fingerprint density at radius 3 is 2.91 bits per heavy atom. The summed E-state index contributed by atoms with van der Waals surface area (Å²) in [6.45, 7) is 2.12. The lowest BCUT2D eigenvalue weighted by atomic mass is 10.2. The average Bonchev–Trinajstić information content (AvgIpc) is 2.38. The van der Waals surface area contributed by atoms with Crippen LogP contribution in [0.4, 0.5) is 0 Å². The summed E-state index contributed by atoms with van der Waals surface area (Å²) < 4.78 is 0. The van der Waals surface area contributed by atoms with E-state index in [4.69, 9.17) is 11.6 Å². The van der Waals surface area contributed by atoms with Gasteiger partial charge in [-0.2, -0.15) is 0 Å². The molecule has 1 N–H and O–H groups in total. The van der Waals surface area contributed by atoms with Crippen molar-refractivity contribution in [2.24, 2.45) is 0 Å². The van der Waals surface area contributed by atoms with E-state index in [1.54, 1.807) is 12.5 Å². The van der Waals surface area contributed by atoms with Gasteiger partial charge in [-0.05, 0) is 6.42 Å². The third kappa shape index (κ3) is 3.12. The normalized spacial score (nSPS) is 12.2. The van der Waals surface area contributed by atoms with E-state index >= 15 is 0 Å². The fourth-order valence-electron chi connectivity index (χ4n) is 0.847. The number of hydrogen-bond donors (Lipinski definition) is 1. The van der Waals surface area contributed by atoms with Gasteiger partial charge >= 0.3 is 0 Å². The number of aromatic nitrogens is 2. The van der Waals surface area contributed by atoms with Crippen LogP contribution in [-0.4, -0.2) is 9.97 Å². The van der Waals surface area contributed by atoms with Crippen molar-refractivity contribution < 1.29 is 0 Å². The minimum Gasteiger partial charge on any atom is -0.347 e. The predicted molar refractivity (Wildman–Crippen MR) is 49.3 cm³/mol. The molecule has 0 saturated heterocycles. The molecule has 1 aromatic heterocycles. The number of alkyl halides is 1. The summed E-state index contributed by atoms with van der Waals surface area (Å²) in [4.78, 5) is 6.86. The number of rotatable bonds is 3. The molecule has 1 heterocycles. The first-order valence-corrected chi connectivity index (χ1v) is 3.90. The largest absolute Gasteiger partial charge is 0.347 e. The molecule has 64 valence electrons. The van der Waals surface area contributed by atoms with Crippen LogP contribution in [0.25, 0.3) is 0 Å². The Balaban J connectivity index is 0.000001000. The van der Waals surface area contributed by atoms with Gasteiger partial charge in [0.1, 0.15) is 0 Å². The molecule has 1 unspecified atom stereocenters. The number of nitrogens with one attached hydrogen (secondary N) is 1. The second-order valence-corrected chi connectivity index (χ2v) is 2.79. The Hall–Kier alpha value is -0.210. The standard InChI is InChI=1S/C7H11ClN2.ClH/c1-2-3-6(8)7-4-9-5-10-7;/h4-6H,2-3H2,1H3,(H,9,10);1H. The summed E-state index contributed by atoms with van der Waals surface area (Å²) >= 11 is 5.98. The maximum atomic E-state index is 5.98. The molecule has 0 fully saturated rings. The smallest absolute Gasteiger partial charge is 0.0922 e. The van der Waals surface area contributed by atoms with Gasteiger partial charge in [0.25, 0.3) is 0 Å². The lowest BCUT2D eigenvalue weighted by Gasteiger charge is -2.02. The highest BCUT2D eigenvalue weighted by Crippen LogP contribution is 2.22. The lowest BCUT2D eigenvalue weighted by Crippen LogP contribution is -1.88. The van der Waals surface area contributed by atoms with Crippen molar-refractivity contribution in [3.8, 4) is 0 Å². The van der Waals surface area contributed by atoms with Crippen LogP contribution in [0, 0.1) is 0 Å². The molecule has 1 aromatic rings. The van der Waals surface area contributed by atoms with Crippen LogP contribution in [0.5, 0.6) is 0 Å². The van der Waals surface area contributed by atoms with E-state index in [1.165, 1.54) is 0 Å². The van der Waals surface area contributed by atoms with E-state index in [-0.39, 0.29) is 17.8 Å². The Bertz CT molecular complexity index is 175. The number of H-pyrrole nitrogens is 1. The van der Waals surface area contributed by atoms with Gasteiger partial charge in [-0.1, -0.05) is 13.3 Å². The molecule has 0 amide bonds. The van der Waals surface area contributed by atoms with Crippen LogP contribution in [0.3, 0.4) is 0 Å². The van der Waals surface area contributed by atoms with Gasteiger partial charge in [0.05, 0.1) is 17.4 Å². The third-order valence-electron chi connectivity index (χ3n) is 1.40. The Morgan fingerprint density at radius 1 is 1.73 bits per heavy atom. The quantitative estimate of drug-likeness (QED) is 0.738. The van der Waals surface area contributed by atoms with E-state index in [2.05, 4.69) is 16.9 Å². The number of aromatic amines is 1. The molecule has 0 bridgehead atoms. The van der Waals surface area contributed by atoms with Crippen molar-refractivity contribution in [1.82, 2.24) is 9.97 Å². The topological polar surface area (TPSA) is 28.7 Å². The maximum absolute atomic E-state index is 5.98. The first-order chi connectivity index (χ1) is 4.84. The number of halogens is 2. The molecule has 0 spiro atoms. The zero-order chi connectivity index (χ0) is 7.40. The Morgan fingerprint density at radius 2 is 2.45 bits per heavy atom. The van der Waals surface area contributed by atoms with Crippen LogP contribution in [0.2, 0.25) is 0 Å². The lowest BCUT2D eigenvalue weighted by molar-refractivity contribution is 0.756. The number of hydrogen-bond acceptors (Lipinski definition) is 1. The molecule has 1 atom stereocenters. The minimum atomic E-state index is 0. The molecule has 0 aromatic carbocycles. The monoisotopic (exact) mass is 194 g/mol. The van der Waals surface area contributed by atoms with Gasteiger partial charge in [-0.15, -0.1) is 24.0 Å². The molecule has 0 aliphatic rings. The van der Waals surface area contributed by atoms with Crippen molar-refractivity contribution >= 4 is 24.0 Å². The number of imidazole rings is 1. The van der Waals surface area contributed by atoms with Crippen molar-refractivity contribution in [3.63, 3.8) is 0 Å². The molecular formula is C7H12Cl2N2. The summed E-state index contributed by atoms with van der Waals surface area (Å²) in [5.41, 5.74) is 1.02. The fraction of sp³-hybridized carbons (Fsp3) is 0.571. The fourth-order valence-corrected chi connectivity index (χ4v) is 1.18. The summed E-state index contributed by atoms with van der Waals surface area (Å²) in [5, 5.41) is 0.104. The van der Waals surface area contributed by atoms with E-state index in [0.717, 1.165) is 18.5 Å². The SMILES string of the molecule is CCCC(Cl)c1cnc[nH]1.Cl. The molecule has 0 aliphatic heterocycles. The summed E-state index contributed by atoms with van der Waals surface area (Å²) in [7, 11) is 0. The Kier molecular flexibility index (Phi) is 5.34. The van der Waals surface area contributed by atoms with Crippen molar-refractivity contribution in [2.45, 2.75) is 25.1 Å². The number of nitrogens with zero attached hydrogens (tertiary/aromatic N) is 1. The first-order valence-electron chi connectivity index (χ1n) is 3.47. The van der Waals surface area contributed by atoms with Gasteiger partial charge < -0.3 is 4.98 Å². The summed E-state index contributed by atoms with van der Waals surface area (Å²) in [6, 6.07) is 0. The van der Waals surface area contributed by atoms with Crippen LogP contribution in [0.1, 0.15) is 30.8 Å². The van der Waals surface area contributed by atoms with E-state index in [0.29, 0.717) is 0 Å². The molecule has 0 saturated carbocycles. The third-order valence-corrected chi connectivity index (χ3v) is 1.85. The molecule has 11 heavy (non-hydrogen) atoms. The van der Waals surface area contributed by atoms with Crippen molar-refractivity contribution in [2.75, 3.05) is 0 Å². The summed E-state index contributed by atoms with van der Waals surface area (Å²) in [6.07, 6.45) is 5.53. The second kappa shape index (κ2) is 5.44. The van der Waals surface area contributed by atoms with Gasteiger partial charge in [-0.25, -0.2) is 4.98 Å². The first kappa shape index (κ1) is 10.8. The minimum absolute atomic E-state index is 0. The highest BCUT2D eigenvalue weighted by Gasteiger charge is 2.06. The van der Waals surface area contributed by atoms with Crippen LogP contribution in [0.15, 0.2) is 12.5 Å². The maximum Gasteiger partial charge on any atom is 0.0922 e. The van der Waals surface area contributed by atoms with Crippen LogP contribution >= 0.6 is 24.0 Å².